The van der Waals surface area contributed by atoms with Gasteiger partial charge in [0.25, 0.3) is 0 Å². The topological polar surface area (TPSA) is 64.6 Å². The highest BCUT2D eigenvalue weighted by atomic mass is 79.9. The molecule has 0 saturated heterocycles. The quantitative estimate of drug-likeness (QED) is 0.257. The van der Waals surface area contributed by atoms with E-state index in [1.54, 1.807) is 30.3 Å². The zero-order valence-corrected chi connectivity index (χ0v) is 19.5. The SMILES string of the molecule is COC(=O)c1ccccc1OC(=O)c1ccc2c(c1)C1C=CCC1C(c1ccc(Br)cc1)N2. The van der Waals surface area contributed by atoms with Crippen LogP contribution in [-0.2, 0) is 4.74 Å². The van der Waals surface area contributed by atoms with Crippen molar-refractivity contribution in [2.75, 3.05) is 12.4 Å². The van der Waals surface area contributed by atoms with Gasteiger partial charge >= 0.3 is 11.9 Å². The first-order valence-corrected chi connectivity index (χ1v) is 11.6. The average molecular weight is 504 g/mol. The highest BCUT2D eigenvalue weighted by Crippen LogP contribution is 2.50. The summed E-state index contributed by atoms with van der Waals surface area (Å²) in [6.07, 6.45) is 5.42. The number of allylic oxidation sites excluding steroid dienone is 2. The molecule has 0 radical (unpaired) electrons. The summed E-state index contributed by atoms with van der Waals surface area (Å²) in [4.78, 5) is 25.0. The van der Waals surface area contributed by atoms with E-state index in [1.807, 2.05) is 12.1 Å². The minimum atomic E-state index is -0.550. The summed E-state index contributed by atoms with van der Waals surface area (Å²) in [7, 11) is 1.30. The van der Waals surface area contributed by atoms with Crippen LogP contribution in [0.15, 0.2) is 83.4 Å². The molecule has 3 aromatic rings. The molecular formula is C27H22BrNO4. The number of esters is 2. The van der Waals surface area contributed by atoms with Gasteiger partial charge in [0.15, 0.2) is 0 Å². The number of anilines is 1. The summed E-state index contributed by atoms with van der Waals surface area (Å²) >= 11 is 3.51. The number of methoxy groups -OCH3 is 1. The molecule has 1 aliphatic heterocycles. The lowest BCUT2D eigenvalue weighted by Crippen LogP contribution is -2.29. The van der Waals surface area contributed by atoms with Crippen molar-refractivity contribution in [1.82, 2.24) is 0 Å². The van der Waals surface area contributed by atoms with Crippen LogP contribution in [0.1, 0.15) is 50.2 Å². The lowest BCUT2D eigenvalue weighted by Gasteiger charge is -2.37. The van der Waals surface area contributed by atoms with E-state index in [0.29, 0.717) is 11.5 Å². The molecule has 0 fully saturated rings. The molecule has 5 rings (SSSR count). The minimum Gasteiger partial charge on any atom is -0.465 e. The van der Waals surface area contributed by atoms with Crippen LogP contribution in [0.3, 0.4) is 0 Å². The second-order valence-corrected chi connectivity index (χ2v) is 9.12. The van der Waals surface area contributed by atoms with Crippen LogP contribution in [0.4, 0.5) is 5.69 Å². The Labute approximate surface area is 200 Å². The van der Waals surface area contributed by atoms with Crippen molar-refractivity contribution in [3.05, 3.63) is 106 Å². The predicted octanol–water partition coefficient (Wildman–Crippen LogP) is 6.28. The molecule has 1 aliphatic carbocycles. The zero-order chi connectivity index (χ0) is 22.9. The van der Waals surface area contributed by atoms with Gasteiger partial charge in [-0.05, 0) is 65.9 Å². The molecule has 3 aromatic carbocycles. The zero-order valence-electron chi connectivity index (χ0n) is 18.0. The van der Waals surface area contributed by atoms with Gasteiger partial charge in [0.05, 0.1) is 18.7 Å². The maximum Gasteiger partial charge on any atom is 0.343 e. The molecule has 33 heavy (non-hydrogen) atoms. The first-order valence-electron chi connectivity index (χ1n) is 10.8. The lowest BCUT2D eigenvalue weighted by molar-refractivity contribution is 0.0593. The molecule has 3 unspecified atom stereocenters. The Hall–Kier alpha value is -3.38. The first-order chi connectivity index (χ1) is 16.0. The number of carbonyl (C=O) groups excluding carboxylic acids is 2. The van der Waals surface area contributed by atoms with Crippen molar-refractivity contribution in [3.8, 4) is 5.75 Å². The second-order valence-electron chi connectivity index (χ2n) is 8.21. The second kappa shape index (κ2) is 8.87. The number of hydrogen-bond donors (Lipinski definition) is 1. The average Bonchev–Trinajstić information content (AvgIpc) is 3.34. The van der Waals surface area contributed by atoms with Gasteiger partial charge in [-0.3, -0.25) is 0 Å². The number of rotatable bonds is 4. The Morgan fingerprint density at radius 1 is 1.00 bits per heavy atom. The number of hydrogen-bond acceptors (Lipinski definition) is 5. The number of carbonyl (C=O) groups is 2. The minimum absolute atomic E-state index is 0.180. The Balaban J connectivity index is 1.43. The molecule has 0 bridgehead atoms. The molecule has 166 valence electrons. The molecule has 0 saturated carbocycles. The van der Waals surface area contributed by atoms with E-state index in [-0.39, 0.29) is 23.3 Å². The fourth-order valence-electron chi connectivity index (χ4n) is 4.71. The first kappa shape index (κ1) is 21.5. The maximum absolute atomic E-state index is 13.0. The Kier molecular flexibility index (Phi) is 5.77. The van der Waals surface area contributed by atoms with Crippen LogP contribution in [0.2, 0.25) is 0 Å². The number of fused-ring (bicyclic) bond motifs is 3. The fraction of sp³-hybridized carbons (Fsp3) is 0.185. The predicted molar refractivity (Wildman–Crippen MR) is 130 cm³/mol. The molecule has 1 heterocycles. The van der Waals surface area contributed by atoms with Crippen LogP contribution < -0.4 is 10.1 Å². The van der Waals surface area contributed by atoms with Gasteiger partial charge in [0.1, 0.15) is 11.3 Å². The number of ether oxygens (including phenoxy) is 2. The van der Waals surface area contributed by atoms with Gasteiger partial charge in [0, 0.05) is 16.1 Å². The summed E-state index contributed by atoms with van der Waals surface area (Å²) in [5, 5.41) is 3.68. The summed E-state index contributed by atoms with van der Waals surface area (Å²) < 4.78 is 11.4. The van der Waals surface area contributed by atoms with Crippen molar-refractivity contribution in [2.24, 2.45) is 5.92 Å². The molecule has 5 nitrogen and oxygen atoms in total. The fourth-order valence-corrected chi connectivity index (χ4v) is 4.98. The smallest absolute Gasteiger partial charge is 0.343 e. The molecular weight excluding hydrogens is 482 g/mol. The molecule has 3 atom stereocenters. The van der Waals surface area contributed by atoms with E-state index in [1.165, 1.54) is 12.7 Å². The summed E-state index contributed by atoms with van der Waals surface area (Å²) in [5.41, 5.74) is 3.99. The third-order valence-corrected chi connectivity index (χ3v) is 6.85. The van der Waals surface area contributed by atoms with Crippen LogP contribution >= 0.6 is 15.9 Å². The van der Waals surface area contributed by atoms with Gasteiger partial charge in [-0.2, -0.15) is 0 Å². The van der Waals surface area contributed by atoms with Gasteiger partial charge in [0.2, 0.25) is 0 Å². The van der Waals surface area contributed by atoms with E-state index in [0.717, 1.165) is 22.1 Å². The van der Waals surface area contributed by atoms with E-state index in [4.69, 9.17) is 9.47 Å². The maximum atomic E-state index is 13.0. The van der Waals surface area contributed by atoms with Crippen LogP contribution in [-0.4, -0.2) is 19.0 Å². The molecule has 6 heteroatoms. The molecule has 1 N–H and O–H groups in total. The van der Waals surface area contributed by atoms with Crippen molar-refractivity contribution in [3.63, 3.8) is 0 Å². The molecule has 0 aromatic heterocycles. The Morgan fingerprint density at radius 2 is 1.79 bits per heavy atom. The van der Waals surface area contributed by atoms with Crippen molar-refractivity contribution >= 4 is 33.6 Å². The summed E-state index contributed by atoms with van der Waals surface area (Å²) in [6, 6.07) is 20.8. The number of halogens is 1. The van der Waals surface area contributed by atoms with E-state index < -0.39 is 11.9 Å². The third kappa shape index (κ3) is 4.07. The van der Waals surface area contributed by atoms with Gasteiger partial charge in [-0.1, -0.05) is 52.3 Å². The largest absolute Gasteiger partial charge is 0.465 e. The van der Waals surface area contributed by atoms with E-state index in [9.17, 15) is 9.59 Å². The van der Waals surface area contributed by atoms with E-state index in [2.05, 4.69) is 57.7 Å². The van der Waals surface area contributed by atoms with Crippen LogP contribution in [0.5, 0.6) is 5.75 Å². The Bertz CT molecular complexity index is 1250. The third-order valence-electron chi connectivity index (χ3n) is 6.32. The summed E-state index contributed by atoms with van der Waals surface area (Å²) in [6.45, 7) is 0. The van der Waals surface area contributed by atoms with E-state index >= 15 is 0 Å². The van der Waals surface area contributed by atoms with Crippen molar-refractivity contribution < 1.29 is 19.1 Å². The highest BCUT2D eigenvalue weighted by Gasteiger charge is 2.38. The molecule has 0 spiro atoms. The van der Waals surface area contributed by atoms with Gasteiger partial charge < -0.3 is 14.8 Å². The van der Waals surface area contributed by atoms with Crippen molar-refractivity contribution in [1.29, 1.82) is 0 Å². The number of nitrogens with one attached hydrogen (secondary N) is 1. The number of para-hydroxylation sites is 1. The Morgan fingerprint density at radius 3 is 2.58 bits per heavy atom. The highest BCUT2D eigenvalue weighted by molar-refractivity contribution is 9.10. The molecule has 2 aliphatic rings. The lowest BCUT2D eigenvalue weighted by atomic mass is 9.76. The molecule has 0 amide bonds. The van der Waals surface area contributed by atoms with Crippen molar-refractivity contribution in [2.45, 2.75) is 18.4 Å². The standard InChI is InChI=1S/C27H22BrNO4/c1-32-27(31)21-5-2-3-8-24(21)33-26(30)17-11-14-23-22(15-17)19-6-4-7-20(19)25(29-23)16-9-12-18(28)13-10-16/h2-6,8-15,19-20,25,29H,7H2,1H3. The summed E-state index contributed by atoms with van der Waals surface area (Å²) in [5.74, 6) is -0.303. The monoisotopic (exact) mass is 503 g/mol. The normalized spacial score (nSPS) is 20.4. The number of benzene rings is 3. The van der Waals surface area contributed by atoms with Gasteiger partial charge in [-0.25, -0.2) is 9.59 Å². The van der Waals surface area contributed by atoms with Crippen LogP contribution in [0, 0.1) is 5.92 Å². The van der Waals surface area contributed by atoms with Crippen LogP contribution in [0.25, 0.3) is 0 Å². The van der Waals surface area contributed by atoms with Gasteiger partial charge in [-0.15, -0.1) is 0 Å².